The smallest absolute Gasteiger partial charge is 0.305 e. The van der Waals surface area contributed by atoms with Crippen molar-refractivity contribution >= 4 is 47.8 Å². The molecule has 1 unspecified atom stereocenters. The standard InChI is InChI=1S/C28H38O19/c1-11(29)37-9-19-21(39-12(2)30)23(41-14(4)32)25(43-16(6)34)27(46-19)38-10-20-22(40-13(3)31)24(42-15(5)33)26(44-17(7)35)28(47-20)45-18(8)36/h19-28H,9-10H2,1-8H3/t19-,20-,21-,22-,23+,24+,25-,26+,27-,28?/m1/s1. The molecule has 2 heterocycles. The predicted octanol–water partition coefficient (Wildman–Crippen LogP) is -0.831. The molecule has 0 saturated carbocycles. The first-order valence-corrected chi connectivity index (χ1v) is 14.2. The molecule has 0 bridgehead atoms. The molecule has 2 saturated heterocycles. The fourth-order valence-electron chi connectivity index (χ4n) is 4.76. The maximum atomic E-state index is 12.1. The summed E-state index contributed by atoms with van der Waals surface area (Å²) >= 11 is 0. The summed E-state index contributed by atoms with van der Waals surface area (Å²) < 4.78 is 59.8. The summed E-state index contributed by atoms with van der Waals surface area (Å²) in [6, 6.07) is 0. The van der Waals surface area contributed by atoms with Gasteiger partial charge >= 0.3 is 47.8 Å². The minimum atomic E-state index is -1.71. The second-order valence-corrected chi connectivity index (χ2v) is 10.3. The van der Waals surface area contributed by atoms with Crippen LogP contribution in [0.3, 0.4) is 0 Å². The summed E-state index contributed by atoms with van der Waals surface area (Å²) in [4.78, 5) is 95.9. The van der Waals surface area contributed by atoms with Crippen molar-refractivity contribution in [1.29, 1.82) is 0 Å². The highest BCUT2D eigenvalue weighted by Crippen LogP contribution is 2.33. The van der Waals surface area contributed by atoms with E-state index in [-0.39, 0.29) is 0 Å². The molecular formula is C28H38O19. The number of rotatable bonds is 12. The van der Waals surface area contributed by atoms with Crippen molar-refractivity contribution in [3.05, 3.63) is 0 Å². The zero-order valence-corrected chi connectivity index (χ0v) is 26.9. The van der Waals surface area contributed by atoms with Gasteiger partial charge in [0.05, 0.1) is 6.61 Å². The Hall–Kier alpha value is -4.36. The Labute approximate surface area is 268 Å². The third-order valence-electron chi connectivity index (χ3n) is 6.15. The zero-order valence-electron chi connectivity index (χ0n) is 26.9. The molecule has 10 atom stereocenters. The highest BCUT2D eigenvalue weighted by molar-refractivity contribution is 5.70. The molecule has 47 heavy (non-hydrogen) atoms. The number of esters is 8. The van der Waals surface area contributed by atoms with Crippen LogP contribution in [0.25, 0.3) is 0 Å². The minimum Gasteiger partial charge on any atom is -0.463 e. The number of carbonyl (C=O) groups excluding carboxylic acids is 8. The Bertz CT molecular complexity index is 1200. The van der Waals surface area contributed by atoms with E-state index in [1.807, 2.05) is 0 Å². The highest BCUT2D eigenvalue weighted by atomic mass is 16.8. The molecule has 19 nitrogen and oxygen atoms in total. The second-order valence-electron chi connectivity index (χ2n) is 10.3. The quantitative estimate of drug-likeness (QED) is 0.181. The molecule has 0 aromatic rings. The maximum Gasteiger partial charge on any atom is 0.305 e. The van der Waals surface area contributed by atoms with Gasteiger partial charge in [0.15, 0.2) is 36.8 Å². The normalized spacial score (nSPS) is 30.0. The fourth-order valence-corrected chi connectivity index (χ4v) is 4.76. The fraction of sp³-hybridized carbons (Fsp3) is 0.714. The average molecular weight is 679 g/mol. The molecule has 0 aromatic heterocycles. The van der Waals surface area contributed by atoms with Gasteiger partial charge in [-0.15, -0.1) is 0 Å². The molecule has 2 aliphatic rings. The van der Waals surface area contributed by atoms with Crippen LogP contribution in [0, 0.1) is 0 Å². The lowest BCUT2D eigenvalue weighted by molar-refractivity contribution is -0.331. The van der Waals surface area contributed by atoms with E-state index in [0.717, 1.165) is 55.4 Å². The van der Waals surface area contributed by atoms with Gasteiger partial charge in [0.25, 0.3) is 0 Å². The lowest BCUT2D eigenvalue weighted by atomic mass is 9.97. The minimum absolute atomic E-state index is 0.541. The van der Waals surface area contributed by atoms with Crippen molar-refractivity contribution in [2.75, 3.05) is 13.2 Å². The molecule has 2 aliphatic heterocycles. The summed E-state index contributed by atoms with van der Waals surface area (Å²) in [7, 11) is 0. The number of carbonyl (C=O) groups is 8. The van der Waals surface area contributed by atoms with E-state index in [9.17, 15) is 38.4 Å². The third-order valence-corrected chi connectivity index (χ3v) is 6.15. The van der Waals surface area contributed by atoms with Gasteiger partial charge in [0.1, 0.15) is 18.8 Å². The monoisotopic (exact) mass is 678 g/mol. The van der Waals surface area contributed by atoms with Crippen molar-refractivity contribution in [3.63, 3.8) is 0 Å². The summed E-state index contributed by atoms with van der Waals surface area (Å²) in [6.45, 7) is 7.09. The van der Waals surface area contributed by atoms with Crippen LogP contribution in [0.2, 0.25) is 0 Å². The Kier molecular flexibility index (Phi) is 14.5. The molecule has 19 heteroatoms. The van der Waals surface area contributed by atoms with E-state index in [1.165, 1.54) is 0 Å². The Morgan fingerprint density at radius 2 is 0.702 bits per heavy atom. The van der Waals surface area contributed by atoms with Gasteiger partial charge in [-0.1, -0.05) is 0 Å². The molecule has 0 aliphatic carbocycles. The van der Waals surface area contributed by atoms with Crippen LogP contribution in [0.5, 0.6) is 0 Å². The first-order chi connectivity index (χ1) is 21.9. The molecule has 0 spiro atoms. The van der Waals surface area contributed by atoms with Crippen molar-refractivity contribution in [2.45, 2.75) is 117 Å². The Morgan fingerprint density at radius 1 is 0.383 bits per heavy atom. The van der Waals surface area contributed by atoms with Gasteiger partial charge < -0.3 is 52.1 Å². The van der Waals surface area contributed by atoms with E-state index in [4.69, 9.17) is 52.1 Å². The molecule has 0 radical (unpaired) electrons. The third kappa shape index (κ3) is 12.1. The van der Waals surface area contributed by atoms with Gasteiger partial charge in [-0.2, -0.15) is 0 Å². The zero-order chi connectivity index (χ0) is 35.6. The van der Waals surface area contributed by atoms with E-state index in [2.05, 4.69) is 0 Å². The molecule has 2 fully saturated rings. The summed E-state index contributed by atoms with van der Waals surface area (Å²) in [5.74, 6) is -6.93. The van der Waals surface area contributed by atoms with Gasteiger partial charge in [-0.3, -0.25) is 38.4 Å². The second kappa shape index (κ2) is 17.5. The van der Waals surface area contributed by atoms with Crippen molar-refractivity contribution in [1.82, 2.24) is 0 Å². The maximum absolute atomic E-state index is 12.1. The van der Waals surface area contributed by atoms with Crippen LogP contribution < -0.4 is 0 Å². The van der Waals surface area contributed by atoms with Gasteiger partial charge in [-0.05, 0) is 0 Å². The van der Waals surface area contributed by atoms with Crippen molar-refractivity contribution in [3.8, 4) is 0 Å². The summed E-state index contributed by atoms with van der Waals surface area (Å²) in [5.41, 5.74) is 0. The molecular weight excluding hydrogens is 640 g/mol. The number of hydrogen-bond acceptors (Lipinski definition) is 19. The van der Waals surface area contributed by atoms with Crippen LogP contribution in [0.4, 0.5) is 0 Å². The highest BCUT2D eigenvalue weighted by Gasteiger charge is 2.56. The first kappa shape index (κ1) is 38.8. The van der Waals surface area contributed by atoms with E-state index >= 15 is 0 Å². The van der Waals surface area contributed by atoms with Crippen LogP contribution in [-0.4, -0.2) is 122 Å². The van der Waals surface area contributed by atoms with Crippen LogP contribution in [-0.2, 0) is 90.5 Å². The first-order valence-electron chi connectivity index (χ1n) is 14.2. The van der Waals surface area contributed by atoms with Gasteiger partial charge in [0.2, 0.25) is 12.4 Å². The topological polar surface area (TPSA) is 238 Å². The van der Waals surface area contributed by atoms with Crippen LogP contribution >= 0.6 is 0 Å². The van der Waals surface area contributed by atoms with Crippen LogP contribution in [0.1, 0.15) is 55.4 Å². The lowest BCUT2D eigenvalue weighted by Crippen LogP contribution is -2.65. The molecule has 0 N–H and O–H groups in total. The van der Waals surface area contributed by atoms with Crippen molar-refractivity contribution in [2.24, 2.45) is 0 Å². The number of hydrogen-bond donors (Lipinski definition) is 0. The Morgan fingerprint density at radius 3 is 1.09 bits per heavy atom. The molecule has 0 amide bonds. The van der Waals surface area contributed by atoms with Gasteiger partial charge in [-0.25, -0.2) is 0 Å². The van der Waals surface area contributed by atoms with Crippen LogP contribution in [0.15, 0.2) is 0 Å². The lowest BCUT2D eigenvalue weighted by Gasteiger charge is -2.46. The van der Waals surface area contributed by atoms with Crippen molar-refractivity contribution < 1.29 is 90.5 Å². The summed E-state index contributed by atoms with van der Waals surface area (Å²) in [5, 5.41) is 0. The largest absolute Gasteiger partial charge is 0.463 e. The van der Waals surface area contributed by atoms with E-state index in [1.54, 1.807) is 0 Å². The SMILES string of the molecule is CC(=O)OC[C@H]1O[C@@H](OC[C@H]2OC(OC(C)=O)[C@@H](OC(C)=O)[C@@H](OC(C)=O)[C@@H]2OC(C)=O)[C@H](OC(C)=O)[C@@H](OC(C)=O)[C@@H]1OC(C)=O. The van der Waals surface area contributed by atoms with Gasteiger partial charge in [0, 0.05) is 55.4 Å². The molecule has 264 valence electrons. The van der Waals surface area contributed by atoms with E-state index in [0.29, 0.717) is 0 Å². The molecule has 2 rings (SSSR count). The molecule has 0 aromatic carbocycles. The Balaban J connectivity index is 2.56. The predicted molar refractivity (Wildman–Crippen MR) is 145 cm³/mol. The number of ether oxygens (including phenoxy) is 11. The average Bonchev–Trinajstić information content (AvgIpc) is 2.91. The van der Waals surface area contributed by atoms with E-state index < -0.39 is 122 Å². The summed E-state index contributed by atoms with van der Waals surface area (Å²) in [6.07, 6.45) is -15.6.